The lowest BCUT2D eigenvalue weighted by Gasteiger charge is -2.16. The summed E-state index contributed by atoms with van der Waals surface area (Å²) < 4.78 is 8.61. The van der Waals surface area contributed by atoms with E-state index in [1.54, 1.807) is 11.3 Å². The van der Waals surface area contributed by atoms with Crippen LogP contribution in [0.25, 0.3) is 52.6 Å². The number of ether oxygens (including phenoxy) is 1. The van der Waals surface area contributed by atoms with Gasteiger partial charge in [0.05, 0.1) is 16.8 Å². The van der Waals surface area contributed by atoms with Gasteiger partial charge in [-0.3, -0.25) is 4.79 Å². The van der Waals surface area contributed by atoms with Crippen LogP contribution in [0, 0.1) is 0 Å². The molecule has 0 N–H and O–H groups in total. The highest BCUT2D eigenvalue weighted by Gasteiger charge is 2.21. The van der Waals surface area contributed by atoms with Gasteiger partial charge in [0.15, 0.2) is 5.43 Å². The first-order valence-corrected chi connectivity index (χ1v) is 13.1. The summed E-state index contributed by atoms with van der Waals surface area (Å²) >= 11 is 1.71. The van der Waals surface area contributed by atoms with Crippen molar-refractivity contribution in [3.63, 3.8) is 0 Å². The molecule has 170 valence electrons. The molecule has 0 fully saturated rings. The first-order valence-electron chi connectivity index (χ1n) is 12.3. The highest BCUT2D eigenvalue weighted by molar-refractivity contribution is 7.25. The molecule has 0 spiro atoms. The van der Waals surface area contributed by atoms with Gasteiger partial charge in [0.1, 0.15) is 0 Å². The Kier molecular flexibility index (Phi) is 5.54. The van der Waals surface area contributed by atoms with Gasteiger partial charge in [0.2, 0.25) is 5.88 Å². The van der Waals surface area contributed by atoms with Gasteiger partial charge < -0.3 is 4.74 Å². The zero-order valence-electron chi connectivity index (χ0n) is 19.4. The number of aromatic nitrogens is 1. The highest BCUT2D eigenvalue weighted by Crippen LogP contribution is 2.44. The summed E-state index contributed by atoms with van der Waals surface area (Å²) in [5.74, 6) is 0.693. The molecule has 0 radical (unpaired) electrons. The highest BCUT2D eigenvalue weighted by atomic mass is 32.1. The fourth-order valence-electron chi connectivity index (χ4n) is 5.17. The minimum atomic E-state index is 0.0759. The molecular weight excluding hydrogens is 438 g/mol. The second kappa shape index (κ2) is 8.84. The molecule has 0 aliphatic carbocycles. The Hall–Kier alpha value is -3.24. The van der Waals surface area contributed by atoms with Crippen molar-refractivity contribution in [2.24, 2.45) is 0 Å². The standard InChI is InChI=1S/C30H27NO2S/c1-2-3-4-5-6-11-18-33-30-29-26-20(19-12-9-10-15-24(19)34-29)16-17-23-25(26)27(31-30)21-13-7-8-14-22(21)28(23)32/h7-10,12-17H,2-6,11,18H2,1H3. The third-order valence-corrected chi connectivity index (χ3v) is 8.03. The molecule has 2 aromatic heterocycles. The Labute approximate surface area is 202 Å². The monoisotopic (exact) mass is 465 g/mol. The molecule has 0 amide bonds. The number of benzene rings is 4. The summed E-state index contributed by atoms with van der Waals surface area (Å²) in [6.07, 6.45) is 7.33. The summed E-state index contributed by atoms with van der Waals surface area (Å²) in [5.41, 5.74) is 0.940. The topological polar surface area (TPSA) is 39.2 Å². The smallest absolute Gasteiger partial charge is 0.232 e. The zero-order chi connectivity index (χ0) is 23.1. The SMILES string of the molecule is CCCCCCCCOc1nc2c3ccccc3c(=O)c3ccc4c5ccccc5sc1c4c32. The van der Waals surface area contributed by atoms with Gasteiger partial charge in [0, 0.05) is 31.6 Å². The van der Waals surface area contributed by atoms with Crippen LogP contribution in [-0.4, -0.2) is 11.6 Å². The molecule has 0 bridgehead atoms. The van der Waals surface area contributed by atoms with Crippen LogP contribution in [0.2, 0.25) is 0 Å². The van der Waals surface area contributed by atoms with Crippen LogP contribution in [0.5, 0.6) is 5.88 Å². The minimum Gasteiger partial charge on any atom is -0.477 e. The van der Waals surface area contributed by atoms with Gasteiger partial charge in [-0.15, -0.1) is 11.3 Å². The van der Waals surface area contributed by atoms with Crippen LogP contribution in [0.3, 0.4) is 0 Å². The van der Waals surface area contributed by atoms with Gasteiger partial charge in [-0.2, -0.15) is 0 Å². The van der Waals surface area contributed by atoms with Crippen molar-refractivity contribution in [2.45, 2.75) is 45.4 Å². The molecule has 0 saturated heterocycles. The molecule has 0 aliphatic heterocycles. The third kappa shape index (κ3) is 3.40. The molecule has 4 aromatic carbocycles. The average Bonchev–Trinajstić information content (AvgIpc) is 2.88. The van der Waals surface area contributed by atoms with E-state index in [0.29, 0.717) is 12.5 Å². The van der Waals surface area contributed by atoms with Crippen LogP contribution in [0.4, 0.5) is 0 Å². The summed E-state index contributed by atoms with van der Waals surface area (Å²) in [6, 6.07) is 20.4. The van der Waals surface area contributed by atoms with E-state index in [4.69, 9.17) is 9.72 Å². The second-order valence-electron chi connectivity index (χ2n) is 9.09. The molecule has 4 heteroatoms. The van der Waals surface area contributed by atoms with Crippen molar-refractivity contribution < 1.29 is 4.74 Å². The van der Waals surface area contributed by atoms with Crippen molar-refractivity contribution in [3.05, 3.63) is 70.9 Å². The number of hydrogen-bond donors (Lipinski definition) is 0. The fourth-order valence-corrected chi connectivity index (χ4v) is 6.33. The first-order chi connectivity index (χ1) is 16.8. The molecular formula is C30H27NO2S. The van der Waals surface area contributed by atoms with Crippen molar-refractivity contribution in [3.8, 4) is 5.88 Å². The molecule has 0 aliphatic rings. The molecule has 6 rings (SSSR count). The number of rotatable bonds is 8. The van der Waals surface area contributed by atoms with E-state index in [0.717, 1.165) is 49.0 Å². The Morgan fingerprint density at radius 1 is 0.735 bits per heavy atom. The van der Waals surface area contributed by atoms with E-state index in [1.165, 1.54) is 42.2 Å². The number of fused-ring (bicyclic) bond motifs is 4. The number of nitrogens with zero attached hydrogens (tertiary/aromatic N) is 1. The molecule has 6 aromatic rings. The van der Waals surface area contributed by atoms with Gasteiger partial charge in [-0.25, -0.2) is 4.98 Å². The lowest BCUT2D eigenvalue weighted by Crippen LogP contribution is -2.06. The number of hydrogen-bond acceptors (Lipinski definition) is 4. The summed E-state index contributed by atoms with van der Waals surface area (Å²) in [6.45, 7) is 2.91. The average molecular weight is 466 g/mol. The van der Waals surface area contributed by atoms with Crippen LogP contribution in [0.15, 0.2) is 65.5 Å². The molecule has 0 unspecified atom stereocenters. The summed E-state index contributed by atoms with van der Waals surface area (Å²) in [5, 5.41) is 6.79. The van der Waals surface area contributed by atoms with E-state index in [1.807, 2.05) is 30.3 Å². The number of pyridine rings is 1. The predicted molar refractivity (Wildman–Crippen MR) is 146 cm³/mol. The predicted octanol–water partition coefficient (Wildman–Crippen LogP) is 8.45. The Balaban J connectivity index is 1.58. The first kappa shape index (κ1) is 21.3. The Morgan fingerprint density at radius 3 is 2.29 bits per heavy atom. The van der Waals surface area contributed by atoms with Crippen LogP contribution >= 0.6 is 11.3 Å². The molecule has 34 heavy (non-hydrogen) atoms. The van der Waals surface area contributed by atoms with Crippen molar-refractivity contribution in [1.29, 1.82) is 0 Å². The lowest BCUT2D eigenvalue weighted by molar-refractivity contribution is 0.298. The fraction of sp³-hybridized carbons (Fsp3) is 0.267. The zero-order valence-corrected chi connectivity index (χ0v) is 20.2. The maximum Gasteiger partial charge on any atom is 0.232 e. The van der Waals surface area contributed by atoms with Gasteiger partial charge in [0.25, 0.3) is 0 Å². The number of unbranched alkanes of at least 4 members (excludes halogenated alkanes) is 5. The van der Waals surface area contributed by atoms with E-state index >= 15 is 0 Å². The summed E-state index contributed by atoms with van der Waals surface area (Å²) in [7, 11) is 0. The third-order valence-electron chi connectivity index (χ3n) is 6.87. The minimum absolute atomic E-state index is 0.0759. The molecule has 0 atom stereocenters. The van der Waals surface area contributed by atoms with Crippen molar-refractivity contribution >= 4 is 64.0 Å². The molecule has 0 saturated carbocycles. The second-order valence-corrected chi connectivity index (χ2v) is 10.1. The van der Waals surface area contributed by atoms with Gasteiger partial charge in [-0.05, 0) is 29.3 Å². The summed E-state index contributed by atoms with van der Waals surface area (Å²) in [4.78, 5) is 18.5. The van der Waals surface area contributed by atoms with E-state index < -0.39 is 0 Å². The maximum atomic E-state index is 13.4. The van der Waals surface area contributed by atoms with Crippen LogP contribution in [0.1, 0.15) is 45.4 Å². The Morgan fingerprint density at radius 2 is 1.44 bits per heavy atom. The van der Waals surface area contributed by atoms with E-state index in [2.05, 4.69) is 37.3 Å². The molecule has 2 heterocycles. The van der Waals surface area contributed by atoms with Crippen molar-refractivity contribution in [2.75, 3.05) is 6.61 Å². The van der Waals surface area contributed by atoms with Gasteiger partial charge >= 0.3 is 0 Å². The van der Waals surface area contributed by atoms with Crippen molar-refractivity contribution in [1.82, 2.24) is 4.98 Å². The maximum absolute atomic E-state index is 13.4. The Bertz CT molecular complexity index is 1700. The van der Waals surface area contributed by atoms with Crippen LogP contribution < -0.4 is 10.2 Å². The molecule has 3 nitrogen and oxygen atoms in total. The largest absolute Gasteiger partial charge is 0.477 e. The lowest BCUT2D eigenvalue weighted by atomic mass is 9.95. The quantitative estimate of drug-likeness (QED) is 0.129. The van der Waals surface area contributed by atoms with Crippen LogP contribution in [-0.2, 0) is 0 Å². The van der Waals surface area contributed by atoms with E-state index in [9.17, 15) is 4.79 Å². The normalized spacial score (nSPS) is 12.0. The van der Waals surface area contributed by atoms with E-state index in [-0.39, 0.29) is 5.43 Å². The van der Waals surface area contributed by atoms with Gasteiger partial charge in [-0.1, -0.05) is 87.6 Å².